The molecule has 2 N–H and O–H groups in total. The van der Waals surface area contributed by atoms with Crippen molar-refractivity contribution < 1.29 is 9.90 Å². The van der Waals surface area contributed by atoms with E-state index in [1.165, 1.54) is 0 Å². The molecule has 0 aliphatic heterocycles. The smallest absolute Gasteiger partial charge is 0.329 e. The molecule has 0 aromatic heterocycles. The van der Waals surface area contributed by atoms with E-state index in [0.29, 0.717) is 17.9 Å². The van der Waals surface area contributed by atoms with E-state index in [9.17, 15) is 9.90 Å². The van der Waals surface area contributed by atoms with Crippen LogP contribution in [0.4, 0.5) is 5.69 Å². The molecule has 2 rings (SSSR count). The Bertz CT molecular complexity index is 598. The minimum atomic E-state index is -1.02. The lowest BCUT2D eigenvalue weighted by molar-refractivity contribution is -0.141. The zero-order valence-electron chi connectivity index (χ0n) is 11.8. The lowest BCUT2D eigenvalue weighted by Gasteiger charge is -2.27. The lowest BCUT2D eigenvalue weighted by atomic mass is 9.93. The predicted molar refractivity (Wildman–Crippen MR) is 85.9 cm³/mol. The van der Waals surface area contributed by atoms with Crippen molar-refractivity contribution in [2.45, 2.75) is 25.3 Å². The second-order valence-corrected chi connectivity index (χ2v) is 5.69. The van der Waals surface area contributed by atoms with Gasteiger partial charge in [-0.15, -0.1) is 0 Å². The largest absolute Gasteiger partial charge is 0.480 e. The van der Waals surface area contributed by atoms with E-state index in [-0.39, 0.29) is 0 Å². The van der Waals surface area contributed by atoms with E-state index in [2.05, 4.69) is 5.32 Å². The number of rotatable bonds is 6. The summed E-state index contributed by atoms with van der Waals surface area (Å²) >= 11 is 5.84. The molecule has 0 radical (unpaired) electrons. The van der Waals surface area contributed by atoms with Gasteiger partial charge in [0.05, 0.1) is 0 Å². The van der Waals surface area contributed by atoms with Crippen LogP contribution in [0.5, 0.6) is 0 Å². The van der Waals surface area contributed by atoms with Gasteiger partial charge in [-0.25, -0.2) is 4.79 Å². The number of aryl methyl sites for hydroxylation is 1. The second kappa shape index (κ2) is 6.64. The van der Waals surface area contributed by atoms with Crippen molar-refractivity contribution in [1.82, 2.24) is 0 Å². The maximum atomic E-state index is 11.6. The molecule has 0 saturated heterocycles. The van der Waals surface area contributed by atoms with Gasteiger partial charge in [0, 0.05) is 10.7 Å². The van der Waals surface area contributed by atoms with Crippen LogP contribution in [0.3, 0.4) is 0 Å². The molecule has 110 valence electrons. The van der Waals surface area contributed by atoms with Crippen LogP contribution in [0.2, 0.25) is 5.02 Å². The van der Waals surface area contributed by atoms with Crippen LogP contribution in [0, 0.1) is 0 Å². The SMILES string of the molecule is CC(CCc1ccccc1)(Nc1ccc(Cl)cc1)C(=O)O. The highest BCUT2D eigenvalue weighted by Crippen LogP contribution is 2.22. The van der Waals surface area contributed by atoms with Crippen LogP contribution in [0.1, 0.15) is 18.9 Å². The summed E-state index contributed by atoms with van der Waals surface area (Å²) < 4.78 is 0. The predicted octanol–water partition coefficient (Wildman–Crippen LogP) is 4.23. The maximum absolute atomic E-state index is 11.6. The summed E-state index contributed by atoms with van der Waals surface area (Å²) in [7, 11) is 0. The van der Waals surface area contributed by atoms with Crippen molar-refractivity contribution in [3.63, 3.8) is 0 Å². The number of anilines is 1. The molecule has 21 heavy (non-hydrogen) atoms. The van der Waals surface area contributed by atoms with Crippen LogP contribution in [-0.4, -0.2) is 16.6 Å². The Morgan fingerprint density at radius 1 is 1.14 bits per heavy atom. The van der Waals surface area contributed by atoms with Crippen molar-refractivity contribution in [3.8, 4) is 0 Å². The molecule has 0 aliphatic rings. The molecule has 0 bridgehead atoms. The van der Waals surface area contributed by atoms with Crippen LogP contribution in [0.15, 0.2) is 54.6 Å². The summed E-state index contributed by atoms with van der Waals surface area (Å²) in [4.78, 5) is 11.6. The Labute approximate surface area is 129 Å². The number of benzene rings is 2. The first-order valence-corrected chi connectivity index (χ1v) is 7.18. The van der Waals surface area contributed by atoms with Gasteiger partial charge in [0.25, 0.3) is 0 Å². The van der Waals surface area contributed by atoms with Gasteiger partial charge in [0.15, 0.2) is 0 Å². The normalized spacial score (nSPS) is 13.4. The summed E-state index contributed by atoms with van der Waals surface area (Å²) in [6.45, 7) is 1.70. The van der Waals surface area contributed by atoms with E-state index in [1.54, 1.807) is 31.2 Å². The summed E-state index contributed by atoms with van der Waals surface area (Å²) in [6, 6.07) is 16.9. The van der Waals surface area contributed by atoms with Gasteiger partial charge in [-0.2, -0.15) is 0 Å². The van der Waals surface area contributed by atoms with E-state index >= 15 is 0 Å². The molecule has 1 atom stereocenters. The minimum absolute atomic E-state index is 0.495. The van der Waals surface area contributed by atoms with Crippen molar-refractivity contribution >= 4 is 23.3 Å². The fourth-order valence-electron chi connectivity index (χ4n) is 2.11. The average molecular weight is 304 g/mol. The van der Waals surface area contributed by atoms with Crippen LogP contribution in [-0.2, 0) is 11.2 Å². The fraction of sp³-hybridized carbons (Fsp3) is 0.235. The van der Waals surface area contributed by atoms with Crippen LogP contribution in [0.25, 0.3) is 0 Å². The molecule has 0 heterocycles. The molecule has 4 heteroatoms. The number of halogens is 1. The lowest BCUT2D eigenvalue weighted by Crippen LogP contribution is -2.43. The highest BCUT2D eigenvalue weighted by molar-refractivity contribution is 6.30. The zero-order valence-corrected chi connectivity index (χ0v) is 12.6. The van der Waals surface area contributed by atoms with Gasteiger partial charge in [-0.1, -0.05) is 41.9 Å². The first-order chi connectivity index (χ1) is 9.99. The van der Waals surface area contributed by atoms with Crippen molar-refractivity contribution in [1.29, 1.82) is 0 Å². The Morgan fingerprint density at radius 2 is 1.76 bits per heavy atom. The molecule has 2 aromatic carbocycles. The molecule has 2 aromatic rings. The third kappa shape index (κ3) is 4.23. The standard InChI is InChI=1S/C17H18ClNO2/c1-17(16(20)21,12-11-13-5-3-2-4-6-13)19-15-9-7-14(18)8-10-15/h2-10,19H,11-12H2,1H3,(H,20,21). The molecule has 0 aliphatic carbocycles. The third-order valence-corrected chi connectivity index (χ3v) is 3.74. The highest BCUT2D eigenvalue weighted by Gasteiger charge is 2.32. The van der Waals surface area contributed by atoms with Gasteiger partial charge >= 0.3 is 5.97 Å². The fourth-order valence-corrected chi connectivity index (χ4v) is 2.24. The summed E-state index contributed by atoms with van der Waals surface area (Å²) in [5.74, 6) is -0.867. The first kappa shape index (κ1) is 15.4. The van der Waals surface area contributed by atoms with Crippen LogP contribution >= 0.6 is 11.6 Å². The van der Waals surface area contributed by atoms with Gasteiger partial charge in [-0.05, 0) is 49.6 Å². The molecule has 3 nitrogen and oxygen atoms in total. The number of hydrogen-bond donors (Lipinski definition) is 2. The Hall–Kier alpha value is -2.00. The molecular formula is C17H18ClNO2. The molecule has 1 unspecified atom stereocenters. The van der Waals surface area contributed by atoms with Crippen molar-refractivity contribution in [3.05, 3.63) is 65.2 Å². The summed E-state index contributed by atoms with van der Waals surface area (Å²) in [5, 5.41) is 13.3. The Kier molecular flexibility index (Phi) is 4.86. The number of aliphatic carboxylic acids is 1. The maximum Gasteiger partial charge on any atom is 0.329 e. The monoisotopic (exact) mass is 303 g/mol. The van der Waals surface area contributed by atoms with Crippen LogP contribution < -0.4 is 5.32 Å². The molecule has 0 spiro atoms. The Morgan fingerprint density at radius 3 is 2.33 bits per heavy atom. The Balaban J connectivity index is 2.09. The number of carbonyl (C=O) groups is 1. The van der Waals surface area contributed by atoms with Gasteiger partial charge in [-0.3, -0.25) is 0 Å². The summed E-state index contributed by atoms with van der Waals surface area (Å²) in [6.07, 6.45) is 1.19. The third-order valence-electron chi connectivity index (χ3n) is 3.49. The van der Waals surface area contributed by atoms with Gasteiger partial charge < -0.3 is 10.4 Å². The van der Waals surface area contributed by atoms with E-state index in [1.807, 2.05) is 30.3 Å². The van der Waals surface area contributed by atoms with E-state index in [0.717, 1.165) is 11.3 Å². The number of hydrogen-bond acceptors (Lipinski definition) is 2. The minimum Gasteiger partial charge on any atom is -0.480 e. The molecule has 0 fully saturated rings. The number of carboxylic acid groups (broad SMARTS) is 1. The summed E-state index contributed by atoms with van der Waals surface area (Å²) in [5.41, 5.74) is 0.851. The molecular weight excluding hydrogens is 286 g/mol. The number of carboxylic acids is 1. The quantitative estimate of drug-likeness (QED) is 0.839. The second-order valence-electron chi connectivity index (χ2n) is 5.25. The molecule has 0 amide bonds. The van der Waals surface area contributed by atoms with E-state index < -0.39 is 11.5 Å². The van der Waals surface area contributed by atoms with Gasteiger partial charge in [0.1, 0.15) is 5.54 Å². The average Bonchev–Trinajstić information content (AvgIpc) is 2.48. The van der Waals surface area contributed by atoms with Gasteiger partial charge in [0.2, 0.25) is 0 Å². The zero-order chi connectivity index (χ0) is 15.3. The number of nitrogens with one attached hydrogen (secondary N) is 1. The van der Waals surface area contributed by atoms with Crippen molar-refractivity contribution in [2.75, 3.05) is 5.32 Å². The van der Waals surface area contributed by atoms with E-state index in [4.69, 9.17) is 11.6 Å². The van der Waals surface area contributed by atoms with Crippen molar-refractivity contribution in [2.24, 2.45) is 0 Å². The first-order valence-electron chi connectivity index (χ1n) is 6.81. The highest BCUT2D eigenvalue weighted by atomic mass is 35.5. The molecule has 0 saturated carbocycles. The topological polar surface area (TPSA) is 49.3 Å².